The molecule has 0 amide bonds. The molecule has 0 fully saturated rings. The Hall–Kier alpha value is -3.49. The molecule has 0 bridgehead atoms. The van der Waals surface area contributed by atoms with Crippen molar-refractivity contribution in [3.05, 3.63) is 65.0 Å². The summed E-state index contributed by atoms with van der Waals surface area (Å²) in [6, 6.07) is 13.2. The largest absolute Gasteiger partial charge is 0.478 e. The number of carboxylic acid groups (broad SMARTS) is 1. The van der Waals surface area contributed by atoms with E-state index in [1.807, 2.05) is 18.2 Å². The molecule has 8 heteroatoms. The Bertz CT molecular complexity index is 1250. The molecule has 160 valence electrons. The number of hydrogen-bond acceptors (Lipinski definition) is 6. The minimum atomic E-state index is -0.982. The number of hydrogen-bond donors (Lipinski definition) is 3. The first-order valence-electron chi connectivity index (χ1n) is 10.1. The van der Waals surface area contributed by atoms with Gasteiger partial charge in [-0.15, -0.1) is 0 Å². The second kappa shape index (κ2) is 8.71. The number of anilines is 1. The molecular formula is C23H25N5O3. The van der Waals surface area contributed by atoms with Gasteiger partial charge in [-0.1, -0.05) is 24.3 Å². The molecule has 4 N–H and O–H groups in total. The van der Waals surface area contributed by atoms with E-state index in [4.69, 9.17) is 15.5 Å². The van der Waals surface area contributed by atoms with Crippen LogP contribution < -0.4 is 11.1 Å². The summed E-state index contributed by atoms with van der Waals surface area (Å²) in [4.78, 5) is 21.0. The highest BCUT2D eigenvalue weighted by molar-refractivity contribution is 6.08. The van der Waals surface area contributed by atoms with Crippen LogP contribution in [-0.4, -0.2) is 46.4 Å². The summed E-state index contributed by atoms with van der Waals surface area (Å²) < 4.78 is 7.46. The number of aromatic nitrogens is 3. The number of aromatic carboxylic acids is 1. The Morgan fingerprint density at radius 2 is 1.90 bits per heavy atom. The fourth-order valence-corrected chi connectivity index (χ4v) is 3.76. The Labute approximate surface area is 179 Å². The summed E-state index contributed by atoms with van der Waals surface area (Å²) in [5.74, 6) is 0.512. The smallest absolute Gasteiger partial charge is 0.335 e. The Morgan fingerprint density at radius 3 is 2.55 bits per heavy atom. The molecule has 31 heavy (non-hydrogen) atoms. The van der Waals surface area contributed by atoms with E-state index in [2.05, 4.69) is 27.0 Å². The van der Waals surface area contributed by atoms with Crippen LogP contribution in [0.15, 0.2) is 42.5 Å². The van der Waals surface area contributed by atoms with Crippen molar-refractivity contribution in [3.63, 3.8) is 0 Å². The van der Waals surface area contributed by atoms with Gasteiger partial charge in [-0.25, -0.2) is 14.8 Å². The van der Waals surface area contributed by atoms with E-state index in [-0.39, 0.29) is 5.56 Å². The van der Waals surface area contributed by atoms with Gasteiger partial charge in [-0.2, -0.15) is 0 Å². The zero-order valence-electron chi connectivity index (χ0n) is 17.6. The van der Waals surface area contributed by atoms with E-state index in [1.165, 1.54) is 0 Å². The maximum absolute atomic E-state index is 11.5. The Kier molecular flexibility index (Phi) is 5.83. The number of methoxy groups -OCH3 is 1. The number of benzene rings is 2. The van der Waals surface area contributed by atoms with Gasteiger partial charge in [0.25, 0.3) is 0 Å². The molecule has 0 saturated heterocycles. The lowest BCUT2D eigenvalue weighted by atomic mass is 10.1. The van der Waals surface area contributed by atoms with Crippen molar-refractivity contribution in [2.75, 3.05) is 26.1 Å². The topological polar surface area (TPSA) is 115 Å². The average molecular weight is 419 g/mol. The zero-order valence-corrected chi connectivity index (χ0v) is 17.6. The third kappa shape index (κ3) is 3.95. The van der Waals surface area contributed by atoms with Crippen LogP contribution in [0, 0.1) is 0 Å². The highest BCUT2D eigenvalue weighted by Crippen LogP contribution is 2.31. The molecule has 2 heterocycles. The van der Waals surface area contributed by atoms with Gasteiger partial charge in [0.05, 0.1) is 23.2 Å². The van der Waals surface area contributed by atoms with Gasteiger partial charge in [0, 0.05) is 39.1 Å². The molecule has 4 aromatic rings. The van der Waals surface area contributed by atoms with Crippen LogP contribution in [0.1, 0.15) is 27.3 Å². The predicted octanol–water partition coefficient (Wildman–Crippen LogP) is 3.02. The van der Waals surface area contributed by atoms with E-state index in [1.54, 1.807) is 26.3 Å². The molecule has 0 unspecified atom stereocenters. The maximum atomic E-state index is 11.5. The monoisotopic (exact) mass is 419 g/mol. The molecular weight excluding hydrogens is 394 g/mol. The van der Waals surface area contributed by atoms with Crippen LogP contribution in [0.25, 0.3) is 21.9 Å². The van der Waals surface area contributed by atoms with Crippen molar-refractivity contribution in [1.29, 1.82) is 0 Å². The van der Waals surface area contributed by atoms with E-state index in [0.29, 0.717) is 37.5 Å². The number of imidazole rings is 1. The molecule has 0 radical (unpaired) electrons. The quantitative estimate of drug-likeness (QED) is 0.402. The number of carbonyl (C=O) groups is 1. The van der Waals surface area contributed by atoms with Crippen molar-refractivity contribution in [2.45, 2.75) is 19.5 Å². The van der Waals surface area contributed by atoms with E-state index in [9.17, 15) is 9.90 Å². The zero-order chi connectivity index (χ0) is 22.0. The van der Waals surface area contributed by atoms with Crippen LogP contribution >= 0.6 is 0 Å². The number of carboxylic acids is 1. The molecule has 0 atom stereocenters. The lowest BCUT2D eigenvalue weighted by Gasteiger charge is -2.12. The molecule has 0 saturated carbocycles. The summed E-state index contributed by atoms with van der Waals surface area (Å²) in [5, 5.41) is 13.4. The van der Waals surface area contributed by atoms with Crippen LogP contribution in [0.5, 0.6) is 0 Å². The van der Waals surface area contributed by atoms with Crippen LogP contribution in [0.4, 0.5) is 5.82 Å². The minimum absolute atomic E-state index is 0.199. The van der Waals surface area contributed by atoms with Crippen LogP contribution in [0.3, 0.4) is 0 Å². The van der Waals surface area contributed by atoms with Crippen LogP contribution in [0.2, 0.25) is 0 Å². The second-order valence-corrected chi connectivity index (χ2v) is 7.32. The van der Waals surface area contributed by atoms with Crippen molar-refractivity contribution in [2.24, 2.45) is 5.73 Å². The third-order valence-electron chi connectivity index (χ3n) is 5.37. The SMILES string of the molecule is CNc1nc2cc(C(=O)O)ccc2c2c1nc(CCOC)n2Cc1ccc(CN)cc1. The van der Waals surface area contributed by atoms with E-state index in [0.717, 1.165) is 33.4 Å². The summed E-state index contributed by atoms with van der Waals surface area (Å²) in [6.07, 6.45) is 0.643. The number of nitrogens with two attached hydrogens (primary N) is 1. The molecule has 8 nitrogen and oxygen atoms in total. The number of rotatable bonds is 8. The fraction of sp³-hybridized carbons (Fsp3) is 0.261. The maximum Gasteiger partial charge on any atom is 0.335 e. The van der Waals surface area contributed by atoms with Crippen molar-refractivity contribution in [3.8, 4) is 0 Å². The number of pyridine rings is 1. The first-order chi connectivity index (χ1) is 15.0. The number of nitrogens with one attached hydrogen (secondary N) is 1. The normalized spacial score (nSPS) is 11.3. The molecule has 0 aliphatic heterocycles. The van der Waals surface area contributed by atoms with Crippen molar-refractivity contribution < 1.29 is 14.6 Å². The van der Waals surface area contributed by atoms with Gasteiger partial charge in [-0.05, 0) is 29.3 Å². The van der Waals surface area contributed by atoms with E-state index >= 15 is 0 Å². The molecule has 0 aliphatic rings. The highest BCUT2D eigenvalue weighted by Gasteiger charge is 2.19. The van der Waals surface area contributed by atoms with Gasteiger partial charge in [0.2, 0.25) is 0 Å². The summed E-state index contributed by atoms with van der Waals surface area (Å²) in [6.45, 7) is 1.66. The van der Waals surface area contributed by atoms with Gasteiger partial charge in [0.1, 0.15) is 11.3 Å². The number of nitrogens with zero attached hydrogens (tertiary/aromatic N) is 3. The number of ether oxygens (including phenoxy) is 1. The lowest BCUT2D eigenvalue weighted by molar-refractivity contribution is 0.0697. The summed E-state index contributed by atoms with van der Waals surface area (Å²) in [7, 11) is 3.45. The average Bonchev–Trinajstić information content (AvgIpc) is 3.15. The Balaban J connectivity index is 1.96. The first kappa shape index (κ1) is 20.8. The summed E-state index contributed by atoms with van der Waals surface area (Å²) in [5.41, 5.74) is 10.4. The van der Waals surface area contributed by atoms with E-state index < -0.39 is 5.97 Å². The number of fused-ring (bicyclic) bond motifs is 3. The molecule has 2 aromatic heterocycles. The lowest BCUT2D eigenvalue weighted by Crippen LogP contribution is -2.08. The van der Waals surface area contributed by atoms with Gasteiger partial charge in [-0.3, -0.25) is 0 Å². The molecule has 0 spiro atoms. The minimum Gasteiger partial charge on any atom is -0.478 e. The Morgan fingerprint density at radius 1 is 1.16 bits per heavy atom. The van der Waals surface area contributed by atoms with Crippen LogP contribution in [-0.2, 0) is 24.2 Å². The second-order valence-electron chi connectivity index (χ2n) is 7.32. The fourth-order valence-electron chi connectivity index (χ4n) is 3.76. The third-order valence-corrected chi connectivity index (χ3v) is 5.37. The van der Waals surface area contributed by atoms with Gasteiger partial charge < -0.3 is 25.5 Å². The van der Waals surface area contributed by atoms with Gasteiger partial charge >= 0.3 is 5.97 Å². The predicted molar refractivity (Wildman–Crippen MR) is 121 cm³/mol. The molecule has 2 aromatic carbocycles. The van der Waals surface area contributed by atoms with Crippen molar-refractivity contribution >= 4 is 33.7 Å². The first-order valence-corrected chi connectivity index (χ1v) is 10.1. The molecule has 4 rings (SSSR count). The van der Waals surface area contributed by atoms with Crippen molar-refractivity contribution in [1.82, 2.24) is 14.5 Å². The summed E-state index contributed by atoms with van der Waals surface area (Å²) >= 11 is 0. The standard InChI is InChI=1S/C23H25N5O3/c1-25-22-20-21(17-8-7-16(23(29)30)11-18(17)26-22)28(19(27-20)9-10-31-2)13-15-5-3-14(12-24)4-6-15/h3-8,11H,9-10,12-13,24H2,1-2H3,(H,25,26)(H,29,30). The van der Waals surface area contributed by atoms with Gasteiger partial charge in [0.15, 0.2) is 5.82 Å². The highest BCUT2D eigenvalue weighted by atomic mass is 16.5. The molecule has 0 aliphatic carbocycles.